The van der Waals surface area contributed by atoms with Gasteiger partial charge in [-0.3, -0.25) is 4.79 Å². The Balaban J connectivity index is 2.07. The molecule has 0 saturated heterocycles. The van der Waals surface area contributed by atoms with Crippen LogP contribution in [0.25, 0.3) is 33.3 Å². The van der Waals surface area contributed by atoms with Crippen LogP contribution in [-0.2, 0) is 18.4 Å². The Morgan fingerprint density at radius 2 is 1.75 bits per heavy atom. The molecule has 24 heavy (non-hydrogen) atoms. The molecule has 5 nitrogen and oxygen atoms in total. The summed E-state index contributed by atoms with van der Waals surface area (Å²) in [5.74, 6) is 0.545. The zero-order valence-electron chi connectivity index (χ0n) is 13.7. The minimum atomic E-state index is -0.351. The van der Waals surface area contributed by atoms with Crippen LogP contribution in [0.3, 0.4) is 0 Å². The first-order valence-electron chi connectivity index (χ1n) is 7.86. The number of imidazole rings is 1. The second-order valence-electron chi connectivity index (χ2n) is 6.01. The van der Waals surface area contributed by atoms with Crippen LogP contribution < -0.4 is 5.73 Å². The van der Waals surface area contributed by atoms with Crippen LogP contribution in [-0.4, -0.2) is 20.0 Å². The highest BCUT2D eigenvalue weighted by Crippen LogP contribution is 2.35. The van der Waals surface area contributed by atoms with Gasteiger partial charge in [-0.25, -0.2) is 4.98 Å². The molecule has 1 amide bonds. The molecule has 0 atom stereocenters. The number of aromatic nitrogens is 3. The van der Waals surface area contributed by atoms with Crippen molar-refractivity contribution in [2.24, 2.45) is 12.8 Å². The molecule has 4 rings (SSSR count). The average molecular weight is 318 g/mol. The van der Waals surface area contributed by atoms with Crippen LogP contribution in [0.2, 0.25) is 0 Å². The zero-order chi connectivity index (χ0) is 16.8. The molecule has 0 bridgehead atoms. The van der Waals surface area contributed by atoms with E-state index in [1.54, 1.807) is 0 Å². The van der Waals surface area contributed by atoms with E-state index in [0.29, 0.717) is 0 Å². The van der Waals surface area contributed by atoms with Crippen LogP contribution in [0, 0.1) is 6.92 Å². The monoisotopic (exact) mass is 318 g/mol. The van der Waals surface area contributed by atoms with Gasteiger partial charge in [-0.15, -0.1) is 0 Å². The van der Waals surface area contributed by atoms with E-state index in [4.69, 9.17) is 10.7 Å². The summed E-state index contributed by atoms with van der Waals surface area (Å²) >= 11 is 0. The summed E-state index contributed by atoms with van der Waals surface area (Å²) in [4.78, 5) is 16.3. The van der Waals surface area contributed by atoms with Gasteiger partial charge in [0.05, 0.1) is 11.0 Å². The van der Waals surface area contributed by atoms with E-state index in [-0.39, 0.29) is 12.5 Å². The standard InChI is InChI=1S/C19H18N4O/c1-12-18(19-21-14-8-4-6-10-16(14)22(19)2)13-7-3-5-9-15(13)23(12)11-17(20)24/h3-10H,11H2,1-2H3,(H2,20,24). The Morgan fingerprint density at radius 3 is 2.46 bits per heavy atom. The third-order valence-corrected chi connectivity index (χ3v) is 4.56. The van der Waals surface area contributed by atoms with Crippen LogP contribution in [0.15, 0.2) is 48.5 Å². The Morgan fingerprint density at radius 1 is 1.08 bits per heavy atom. The minimum Gasteiger partial charge on any atom is -0.368 e. The van der Waals surface area contributed by atoms with Gasteiger partial charge in [0.15, 0.2) is 0 Å². The molecule has 2 N–H and O–H groups in total. The molecule has 0 aliphatic heterocycles. The van der Waals surface area contributed by atoms with E-state index in [9.17, 15) is 4.79 Å². The molecule has 4 aromatic rings. The van der Waals surface area contributed by atoms with Crippen LogP contribution in [0.5, 0.6) is 0 Å². The molecule has 0 radical (unpaired) electrons. The molecule has 2 heterocycles. The number of amides is 1. The summed E-state index contributed by atoms with van der Waals surface area (Å²) in [7, 11) is 2.02. The van der Waals surface area contributed by atoms with Crippen molar-refractivity contribution in [2.45, 2.75) is 13.5 Å². The number of fused-ring (bicyclic) bond motifs is 2. The van der Waals surface area contributed by atoms with Gasteiger partial charge in [0, 0.05) is 29.2 Å². The van der Waals surface area contributed by atoms with Gasteiger partial charge < -0.3 is 14.9 Å². The third-order valence-electron chi connectivity index (χ3n) is 4.56. The normalized spacial score (nSPS) is 11.4. The fourth-order valence-corrected chi connectivity index (χ4v) is 3.44. The summed E-state index contributed by atoms with van der Waals surface area (Å²) in [6.07, 6.45) is 0. The number of primary amides is 1. The first-order valence-corrected chi connectivity index (χ1v) is 7.86. The highest BCUT2D eigenvalue weighted by atomic mass is 16.1. The fourth-order valence-electron chi connectivity index (χ4n) is 3.44. The number of hydrogen-bond acceptors (Lipinski definition) is 2. The number of carbonyl (C=O) groups excluding carboxylic acids is 1. The zero-order valence-corrected chi connectivity index (χ0v) is 13.7. The van der Waals surface area contributed by atoms with Crippen molar-refractivity contribution in [2.75, 3.05) is 0 Å². The van der Waals surface area contributed by atoms with E-state index >= 15 is 0 Å². The molecule has 0 fully saturated rings. The fraction of sp³-hybridized carbons (Fsp3) is 0.158. The van der Waals surface area contributed by atoms with Crippen molar-refractivity contribution < 1.29 is 4.79 Å². The van der Waals surface area contributed by atoms with Crippen LogP contribution in [0.4, 0.5) is 0 Å². The quantitative estimate of drug-likeness (QED) is 0.631. The molecule has 0 spiro atoms. The van der Waals surface area contributed by atoms with E-state index in [1.807, 2.05) is 54.9 Å². The van der Waals surface area contributed by atoms with E-state index < -0.39 is 0 Å². The van der Waals surface area contributed by atoms with Crippen molar-refractivity contribution in [3.05, 3.63) is 54.2 Å². The Kier molecular flexibility index (Phi) is 3.16. The molecule has 2 aromatic heterocycles. The molecule has 120 valence electrons. The Hall–Kier alpha value is -3.08. The Labute approximate surface area is 139 Å². The first kappa shape index (κ1) is 14.5. The van der Waals surface area contributed by atoms with Gasteiger partial charge in [-0.05, 0) is 25.1 Å². The molecular formula is C19H18N4O. The van der Waals surface area contributed by atoms with Crippen molar-refractivity contribution in [1.29, 1.82) is 0 Å². The molecule has 0 saturated carbocycles. The van der Waals surface area contributed by atoms with Gasteiger partial charge >= 0.3 is 0 Å². The number of carbonyl (C=O) groups is 1. The largest absolute Gasteiger partial charge is 0.368 e. The van der Waals surface area contributed by atoms with Gasteiger partial charge in [-0.1, -0.05) is 30.3 Å². The molecule has 0 aliphatic rings. The maximum Gasteiger partial charge on any atom is 0.237 e. The second-order valence-corrected chi connectivity index (χ2v) is 6.01. The number of aryl methyl sites for hydroxylation is 1. The lowest BCUT2D eigenvalue weighted by atomic mass is 10.1. The van der Waals surface area contributed by atoms with Gasteiger partial charge in [0.25, 0.3) is 0 Å². The summed E-state index contributed by atoms with van der Waals surface area (Å²) in [5.41, 5.74) is 10.5. The number of rotatable bonds is 3. The molecule has 2 aromatic carbocycles. The van der Waals surface area contributed by atoms with Crippen molar-refractivity contribution in [1.82, 2.24) is 14.1 Å². The summed E-state index contributed by atoms with van der Waals surface area (Å²) < 4.78 is 4.06. The molecule has 0 aliphatic carbocycles. The smallest absolute Gasteiger partial charge is 0.237 e. The summed E-state index contributed by atoms with van der Waals surface area (Å²) in [5, 5.41) is 1.08. The number of hydrogen-bond donors (Lipinski definition) is 1. The summed E-state index contributed by atoms with van der Waals surface area (Å²) in [6, 6.07) is 16.1. The van der Waals surface area contributed by atoms with E-state index in [0.717, 1.165) is 39.0 Å². The lowest BCUT2D eigenvalue weighted by molar-refractivity contribution is -0.118. The predicted octanol–water partition coefficient (Wildman–Crippen LogP) is 2.99. The average Bonchev–Trinajstić information content (AvgIpc) is 3.03. The molecule has 5 heteroatoms. The van der Waals surface area contributed by atoms with Crippen molar-refractivity contribution in [3.63, 3.8) is 0 Å². The topological polar surface area (TPSA) is 65.8 Å². The minimum absolute atomic E-state index is 0.163. The molecular weight excluding hydrogens is 300 g/mol. The van der Waals surface area contributed by atoms with Crippen molar-refractivity contribution in [3.8, 4) is 11.4 Å². The number of nitrogens with two attached hydrogens (primary N) is 1. The highest BCUT2D eigenvalue weighted by molar-refractivity contribution is 5.98. The van der Waals surface area contributed by atoms with E-state index in [2.05, 4.69) is 16.7 Å². The lowest BCUT2D eigenvalue weighted by Crippen LogP contribution is -2.19. The third kappa shape index (κ3) is 2.01. The second kappa shape index (κ2) is 5.23. The first-order chi connectivity index (χ1) is 11.6. The number of para-hydroxylation sites is 3. The maximum atomic E-state index is 11.5. The number of benzene rings is 2. The SMILES string of the molecule is Cc1c(-c2nc3ccccc3n2C)c2ccccc2n1CC(N)=O. The van der Waals surface area contributed by atoms with Crippen molar-refractivity contribution >= 4 is 27.8 Å². The summed E-state index contributed by atoms with van der Waals surface area (Å²) in [6.45, 7) is 2.17. The van der Waals surface area contributed by atoms with Gasteiger partial charge in [0.2, 0.25) is 5.91 Å². The number of nitrogens with zero attached hydrogens (tertiary/aromatic N) is 3. The predicted molar refractivity (Wildman–Crippen MR) is 95.6 cm³/mol. The van der Waals surface area contributed by atoms with Crippen LogP contribution >= 0.6 is 0 Å². The van der Waals surface area contributed by atoms with Crippen LogP contribution in [0.1, 0.15) is 5.69 Å². The Bertz CT molecular complexity index is 1090. The maximum absolute atomic E-state index is 11.5. The lowest BCUT2D eigenvalue weighted by Gasteiger charge is -2.06. The highest BCUT2D eigenvalue weighted by Gasteiger charge is 2.20. The van der Waals surface area contributed by atoms with E-state index in [1.165, 1.54) is 0 Å². The molecule has 0 unspecified atom stereocenters. The van der Waals surface area contributed by atoms with Gasteiger partial charge in [0.1, 0.15) is 12.4 Å². The van der Waals surface area contributed by atoms with Gasteiger partial charge in [-0.2, -0.15) is 0 Å².